The van der Waals surface area contributed by atoms with Gasteiger partial charge in [0.15, 0.2) is 6.10 Å². The molecule has 41 heavy (non-hydrogen) atoms. The molecule has 1 N–H and O–H groups in total. The number of rotatable bonds is 11. The molecule has 212 valence electrons. The van der Waals surface area contributed by atoms with Crippen LogP contribution in [0.4, 0.5) is 0 Å². The van der Waals surface area contributed by atoms with E-state index in [0.29, 0.717) is 5.75 Å². The fraction of sp³-hybridized carbons (Fsp3) is 0.281. The third kappa shape index (κ3) is 6.86. The van der Waals surface area contributed by atoms with Gasteiger partial charge in [-0.3, -0.25) is 14.5 Å². The van der Waals surface area contributed by atoms with Crippen molar-refractivity contribution >= 4 is 41.3 Å². The Labute approximate surface area is 249 Å². The quantitative estimate of drug-likeness (QED) is 0.262. The zero-order valence-electron chi connectivity index (χ0n) is 23.1. The molecule has 2 amide bonds. The van der Waals surface area contributed by atoms with E-state index in [9.17, 15) is 14.4 Å². The van der Waals surface area contributed by atoms with Gasteiger partial charge in [0.25, 0.3) is 5.91 Å². The van der Waals surface area contributed by atoms with Gasteiger partial charge in [0.05, 0.1) is 6.42 Å². The van der Waals surface area contributed by atoms with Crippen molar-refractivity contribution in [3.8, 4) is 0 Å². The van der Waals surface area contributed by atoms with Crippen LogP contribution >= 0.6 is 23.5 Å². The number of thioether (sulfide) groups is 2. The van der Waals surface area contributed by atoms with E-state index in [1.165, 1.54) is 4.90 Å². The number of hydrogen-bond acceptors (Lipinski definition) is 7. The number of hydrogen-bond donors (Lipinski definition) is 1. The van der Waals surface area contributed by atoms with E-state index < -0.39 is 18.1 Å². The van der Waals surface area contributed by atoms with Crippen LogP contribution in [-0.2, 0) is 25.5 Å². The van der Waals surface area contributed by atoms with E-state index in [4.69, 9.17) is 4.74 Å². The van der Waals surface area contributed by atoms with Gasteiger partial charge in [0.2, 0.25) is 5.91 Å². The van der Waals surface area contributed by atoms with E-state index in [-0.39, 0.29) is 29.3 Å². The Morgan fingerprint density at radius 1 is 0.976 bits per heavy atom. The van der Waals surface area contributed by atoms with Crippen molar-refractivity contribution in [3.63, 3.8) is 0 Å². The third-order valence-corrected chi connectivity index (χ3v) is 9.43. The molecule has 5 rings (SSSR count). The molecule has 0 aliphatic carbocycles. The average molecular weight is 588 g/mol. The van der Waals surface area contributed by atoms with Gasteiger partial charge in [-0.1, -0.05) is 91.0 Å². The van der Waals surface area contributed by atoms with E-state index in [0.717, 1.165) is 33.9 Å². The molecule has 2 atom stereocenters. The zero-order valence-corrected chi connectivity index (χ0v) is 24.7. The highest BCUT2D eigenvalue weighted by Crippen LogP contribution is 2.44. The summed E-state index contributed by atoms with van der Waals surface area (Å²) < 4.78 is 6.21. The predicted octanol–water partition coefficient (Wildman–Crippen LogP) is 4.47. The lowest BCUT2D eigenvalue weighted by Gasteiger charge is -2.49. The second-order valence-electron chi connectivity index (χ2n) is 10.1. The molecule has 2 aliphatic heterocycles. The van der Waals surface area contributed by atoms with Gasteiger partial charge in [0, 0.05) is 23.0 Å². The zero-order chi connectivity index (χ0) is 28.8. The molecule has 3 aromatic rings. The van der Waals surface area contributed by atoms with Crippen LogP contribution in [0.3, 0.4) is 0 Å². The van der Waals surface area contributed by atoms with Crippen LogP contribution in [0.1, 0.15) is 22.8 Å². The highest BCUT2D eigenvalue weighted by molar-refractivity contribution is 8.06. The van der Waals surface area contributed by atoms with E-state index in [1.54, 1.807) is 23.5 Å². The second-order valence-corrected chi connectivity index (χ2v) is 12.4. The number of β-lactam (4-membered cyclic amide) rings is 1. The largest absolute Gasteiger partial charge is 0.448 e. The lowest BCUT2D eigenvalue weighted by atomic mass is 10.0. The molecule has 1 saturated heterocycles. The Kier molecular flexibility index (Phi) is 9.49. The molecule has 0 radical (unpaired) electrons. The Morgan fingerprint density at radius 3 is 2.15 bits per heavy atom. The normalized spacial score (nSPS) is 18.2. The van der Waals surface area contributed by atoms with Crippen LogP contribution in [0.15, 0.2) is 102 Å². The number of carbonyl (C=O) groups excluding carboxylic acids is 3. The number of nitrogens with zero attached hydrogens (tertiary/aromatic N) is 2. The van der Waals surface area contributed by atoms with Gasteiger partial charge >= 0.3 is 5.97 Å². The maximum Gasteiger partial charge on any atom is 0.356 e. The lowest BCUT2D eigenvalue weighted by molar-refractivity contribution is -0.154. The standard InChI is InChI=1S/C32H33N3O4S2/c1-34(2)18-19-40-25-21-41-31-27(33-26(36)20-22-12-6-3-7-13-22)30(37)35(31)28(25)32(38)39-29(23-14-8-4-9-15-23)24-16-10-5-11-17-24/h3-17,27,29,31H,18-21H2,1-2H3,(H,33,36)/t27-,31+/m1/s1. The summed E-state index contributed by atoms with van der Waals surface area (Å²) in [5.74, 6) is 0.274. The minimum atomic E-state index is -0.689. The first-order chi connectivity index (χ1) is 19.9. The molecule has 0 unspecified atom stereocenters. The number of ether oxygens (including phenoxy) is 1. The number of amides is 2. The molecule has 2 heterocycles. The van der Waals surface area contributed by atoms with Crippen LogP contribution in [-0.4, -0.2) is 71.1 Å². The van der Waals surface area contributed by atoms with Crippen molar-refractivity contribution in [2.24, 2.45) is 0 Å². The van der Waals surface area contributed by atoms with Crippen LogP contribution in [0.5, 0.6) is 0 Å². The summed E-state index contributed by atoms with van der Waals surface area (Å²) in [6.07, 6.45) is -0.440. The van der Waals surface area contributed by atoms with Gasteiger partial charge in [0.1, 0.15) is 17.1 Å². The molecule has 1 fully saturated rings. The van der Waals surface area contributed by atoms with E-state index in [1.807, 2.05) is 105 Å². The van der Waals surface area contributed by atoms with Crippen molar-refractivity contribution in [3.05, 3.63) is 118 Å². The third-order valence-electron chi connectivity index (χ3n) is 6.90. The minimum absolute atomic E-state index is 0.189. The predicted molar refractivity (Wildman–Crippen MR) is 164 cm³/mol. The van der Waals surface area contributed by atoms with E-state index >= 15 is 0 Å². The van der Waals surface area contributed by atoms with Crippen molar-refractivity contribution in [1.82, 2.24) is 15.1 Å². The van der Waals surface area contributed by atoms with Crippen molar-refractivity contribution < 1.29 is 19.1 Å². The van der Waals surface area contributed by atoms with Crippen molar-refractivity contribution in [2.45, 2.75) is 23.9 Å². The maximum atomic E-state index is 14.0. The lowest BCUT2D eigenvalue weighted by Crippen LogP contribution is -2.70. The highest BCUT2D eigenvalue weighted by atomic mass is 32.2. The number of fused-ring (bicyclic) bond motifs is 1. The van der Waals surface area contributed by atoms with Gasteiger partial charge in [-0.2, -0.15) is 0 Å². The van der Waals surface area contributed by atoms with Gasteiger partial charge < -0.3 is 15.0 Å². The topological polar surface area (TPSA) is 79.0 Å². The van der Waals surface area contributed by atoms with Crippen LogP contribution in [0, 0.1) is 0 Å². The molecule has 3 aromatic carbocycles. The van der Waals surface area contributed by atoms with Crippen molar-refractivity contribution in [2.75, 3.05) is 32.1 Å². The molecule has 0 saturated carbocycles. The number of benzene rings is 3. The number of carbonyl (C=O) groups is 3. The van der Waals surface area contributed by atoms with Crippen LogP contribution in [0.25, 0.3) is 0 Å². The first-order valence-electron chi connectivity index (χ1n) is 13.5. The molecule has 0 spiro atoms. The Balaban J connectivity index is 1.38. The monoisotopic (exact) mass is 587 g/mol. The van der Waals surface area contributed by atoms with Gasteiger partial charge in [-0.15, -0.1) is 23.5 Å². The fourth-order valence-corrected chi connectivity index (χ4v) is 7.55. The molecule has 0 bridgehead atoms. The molecule has 7 nitrogen and oxygen atoms in total. The Hall–Kier alpha value is -3.53. The summed E-state index contributed by atoms with van der Waals surface area (Å²) in [5, 5.41) is 2.53. The number of esters is 1. The Morgan fingerprint density at radius 2 is 1.56 bits per heavy atom. The van der Waals surface area contributed by atoms with E-state index in [2.05, 4.69) is 10.2 Å². The summed E-state index contributed by atoms with van der Waals surface area (Å²) in [4.78, 5) is 44.7. The van der Waals surface area contributed by atoms with Crippen LogP contribution < -0.4 is 5.32 Å². The van der Waals surface area contributed by atoms with Crippen molar-refractivity contribution in [1.29, 1.82) is 0 Å². The minimum Gasteiger partial charge on any atom is -0.448 e. The average Bonchev–Trinajstić information content (AvgIpc) is 2.99. The first kappa shape index (κ1) is 29.0. The van der Waals surface area contributed by atoms with Crippen LogP contribution in [0.2, 0.25) is 0 Å². The highest BCUT2D eigenvalue weighted by Gasteiger charge is 2.54. The summed E-state index contributed by atoms with van der Waals surface area (Å²) in [6, 6.07) is 27.9. The summed E-state index contributed by atoms with van der Waals surface area (Å²) in [5.41, 5.74) is 2.85. The molecular weight excluding hydrogens is 555 g/mol. The van der Waals surface area contributed by atoms with Gasteiger partial charge in [-0.25, -0.2) is 4.79 Å². The molecule has 9 heteroatoms. The molecule has 0 aromatic heterocycles. The summed E-state index contributed by atoms with van der Waals surface area (Å²) in [7, 11) is 4.00. The SMILES string of the molecule is CN(C)CCSC1=C(C(=O)OC(c2ccccc2)c2ccccc2)N2C(=O)[C@@H](NC(=O)Cc3ccccc3)[C@@H]2SC1. The maximum absolute atomic E-state index is 14.0. The molecule has 2 aliphatic rings. The number of nitrogens with one attached hydrogen (secondary N) is 1. The first-order valence-corrected chi connectivity index (χ1v) is 15.6. The molecular formula is C32H33N3O4S2. The van der Waals surface area contributed by atoms with Gasteiger partial charge in [-0.05, 0) is 30.8 Å². The Bertz CT molecular complexity index is 1360. The fourth-order valence-electron chi connectivity index (χ4n) is 4.80. The summed E-state index contributed by atoms with van der Waals surface area (Å²) in [6.45, 7) is 0.827. The smallest absolute Gasteiger partial charge is 0.356 e. The second kappa shape index (κ2) is 13.4. The summed E-state index contributed by atoms with van der Waals surface area (Å²) >= 11 is 3.14.